The molecule has 0 fully saturated rings. The van der Waals surface area contributed by atoms with Crippen LogP contribution < -0.4 is 0 Å². The van der Waals surface area contributed by atoms with Crippen LogP contribution in [0.15, 0.2) is 24.3 Å². The molecule has 0 aliphatic heterocycles. The van der Waals surface area contributed by atoms with E-state index in [2.05, 4.69) is 9.97 Å². The Balaban J connectivity index is 0.00000144. The van der Waals surface area contributed by atoms with Crippen molar-refractivity contribution in [2.45, 2.75) is 0 Å². The van der Waals surface area contributed by atoms with Gasteiger partial charge in [0.1, 0.15) is 0 Å². The van der Waals surface area contributed by atoms with Crippen LogP contribution in [0.3, 0.4) is 0 Å². The quantitative estimate of drug-likeness (QED) is 0.797. The van der Waals surface area contributed by atoms with Gasteiger partial charge in [0.05, 0.1) is 11.0 Å². The normalized spacial score (nSPS) is 9.65. The molecule has 2 aromatic rings. The Morgan fingerprint density at radius 3 is 1.53 bits per heavy atom. The summed E-state index contributed by atoms with van der Waals surface area (Å²) in [4.78, 5) is 29.1. The number of benzene rings is 1. The summed E-state index contributed by atoms with van der Waals surface area (Å²) in [7, 11) is 0. The fourth-order valence-electron chi connectivity index (χ4n) is 1.30. The van der Waals surface area contributed by atoms with Gasteiger partial charge in [-0.25, -0.2) is 19.6 Å². The van der Waals surface area contributed by atoms with Crippen LogP contribution in [0.2, 0.25) is 0 Å². The van der Waals surface area contributed by atoms with Gasteiger partial charge in [-0.15, -0.1) is 0 Å². The Labute approximate surface area is 106 Å². The van der Waals surface area contributed by atoms with Crippen molar-refractivity contribution >= 4 is 23.0 Å². The van der Waals surface area contributed by atoms with E-state index in [0.717, 1.165) is 0 Å². The van der Waals surface area contributed by atoms with E-state index in [1.165, 1.54) is 0 Å². The molecule has 0 spiro atoms. The van der Waals surface area contributed by atoms with E-state index in [0.29, 0.717) is 11.0 Å². The van der Waals surface area contributed by atoms with Gasteiger partial charge in [-0.1, -0.05) is 12.1 Å². The van der Waals surface area contributed by atoms with Crippen molar-refractivity contribution in [1.82, 2.24) is 9.97 Å². The van der Waals surface area contributed by atoms with Crippen LogP contribution >= 0.6 is 0 Å². The zero-order valence-electron chi connectivity index (χ0n) is 8.22. The molecule has 1 aromatic heterocycles. The fraction of sp³-hybridized carbons (Fsp3) is 0. The predicted molar refractivity (Wildman–Crippen MR) is 53.5 cm³/mol. The maximum absolute atomic E-state index is 10.8. The maximum atomic E-state index is 10.8. The molecule has 91 valence electrons. The van der Waals surface area contributed by atoms with E-state index >= 15 is 0 Å². The molecular formula is C10H6CuN2O4. The first-order valence-electron chi connectivity index (χ1n) is 4.33. The molecule has 2 N–H and O–H groups in total. The summed E-state index contributed by atoms with van der Waals surface area (Å²) in [5.74, 6) is -2.81. The zero-order chi connectivity index (χ0) is 11.7. The number of fused-ring (bicyclic) bond motifs is 1. The first-order valence-corrected chi connectivity index (χ1v) is 4.33. The van der Waals surface area contributed by atoms with Gasteiger partial charge in [-0.3, -0.25) is 0 Å². The standard InChI is InChI=1S/C10H6N2O4.Cu/c13-9(14)7-8(10(15)16)12-6-4-2-1-3-5(6)11-7;/h1-4H,(H,13,14)(H,15,16);. The topological polar surface area (TPSA) is 100 Å². The van der Waals surface area contributed by atoms with Crippen LogP contribution in [0.1, 0.15) is 21.0 Å². The van der Waals surface area contributed by atoms with Crippen molar-refractivity contribution in [3.63, 3.8) is 0 Å². The van der Waals surface area contributed by atoms with Crippen LogP contribution in [0.5, 0.6) is 0 Å². The first kappa shape index (κ1) is 13.1. The number of aromatic nitrogens is 2. The second-order valence-electron chi connectivity index (χ2n) is 3.02. The molecule has 0 saturated carbocycles. The third-order valence-electron chi connectivity index (χ3n) is 1.98. The Bertz CT molecular complexity index is 547. The summed E-state index contributed by atoms with van der Waals surface area (Å²) in [6.45, 7) is 0. The number of aromatic carboxylic acids is 2. The van der Waals surface area contributed by atoms with Crippen LogP contribution in [0.25, 0.3) is 11.0 Å². The number of carboxylic acids is 2. The molecule has 7 heteroatoms. The molecular weight excluding hydrogens is 276 g/mol. The number of carbonyl (C=O) groups is 2. The van der Waals surface area contributed by atoms with Crippen molar-refractivity contribution in [2.24, 2.45) is 0 Å². The van der Waals surface area contributed by atoms with Crippen LogP contribution in [-0.2, 0) is 17.1 Å². The maximum Gasteiger partial charge on any atom is 0.357 e. The van der Waals surface area contributed by atoms with Gasteiger partial charge < -0.3 is 10.2 Å². The summed E-state index contributed by atoms with van der Waals surface area (Å²) < 4.78 is 0. The first-order chi connectivity index (χ1) is 7.59. The average molecular weight is 282 g/mol. The number of hydrogen-bond donors (Lipinski definition) is 2. The molecule has 0 aliphatic rings. The Morgan fingerprint density at radius 2 is 1.24 bits per heavy atom. The van der Waals surface area contributed by atoms with E-state index in [-0.39, 0.29) is 17.1 Å². The Kier molecular flexibility index (Phi) is 3.77. The molecule has 0 saturated heterocycles. The molecule has 1 radical (unpaired) electrons. The number of para-hydroxylation sites is 2. The number of rotatable bonds is 2. The molecule has 1 heterocycles. The van der Waals surface area contributed by atoms with Crippen LogP contribution in [-0.4, -0.2) is 32.1 Å². The second-order valence-corrected chi connectivity index (χ2v) is 3.02. The van der Waals surface area contributed by atoms with Crippen LogP contribution in [0, 0.1) is 0 Å². The summed E-state index contributed by atoms with van der Waals surface area (Å²) in [6, 6.07) is 6.48. The van der Waals surface area contributed by atoms with Gasteiger partial charge in [-0.05, 0) is 12.1 Å². The monoisotopic (exact) mass is 281 g/mol. The molecule has 0 unspecified atom stereocenters. The summed E-state index contributed by atoms with van der Waals surface area (Å²) in [5.41, 5.74) is -0.396. The van der Waals surface area contributed by atoms with Gasteiger partial charge in [-0.2, -0.15) is 0 Å². The van der Waals surface area contributed by atoms with Crippen LogP contribution in [0.4, 0.5) is 0 Å². The molecule has 17 heavy (non-hydrogen) atoms. The van der Waals surface area contributed by atoms with Gasteiger partial charge in [0.15, 0.2) is 11.4 Å². The van der Waals surface area contributed by atoms with Crippen molar-refractivity contribution < 1.29 is 36.9 Å². The number of hydrogen-bond acceptors (Lipinski definition) is 4. The van der Waals surface area contributed by atoms with E-state index in [1.807, 2.05) is 0 Å². The summed E-state index contributed by atoms with van der Waals surface area (Å²) in [5, 5.41) is 17.6. The molecule has 0 aliphatic carbocycles. The molecule has 0 atom stereocenters. The number of carboxylic acid groups (broad SMARTS) is 2. The van der Waals surface area contributed by atoms with Crippen molar-refractivity contribution in [3.05, 3.63) is 35.7 Å². The van der Waals surface area contributed by atoms with E-state index in [1.54, 1.807) is 24.3 Å². The minimum atomic E-state index is -1.41. The molecule has 0 bridgehead atoms. The molecule has 0 amide bonds. The predicted octanol–water partition coefficient (Wildman–Crippen LogP) is 1.02. The minimum absolute atomic E-state index is 0. The Hall–Kier alpha value is -1.98. The van der Waals surface area contributed by atoms with Gasteiger partial charge >= 0.3 is 11.9 Å². The van der Waals surface area contributed by atoms with E-state index in [4.69, 9.17) is 10.2 Å². The second kappa shape index (κ2) is 4.90. The molecule has 6 nitrogen and oxygen atoms in total. The SMILES string of the molecule is O=C(O)c1nc2ccccc2nc1C(=O)O.[Cu]. The van der Waals surface area contributed by atoms with Crippen molar-refractivity contribution in [3.8, 4) is 0 Å². The molecule has 2 rings (SSSR count). The van der Waals surface area contributed by atoms with E-state index in [9.17, 15) is 9.59 Å². The van der Waals surface area contributed by atoms with Crippen molar-refractivity contribution in [1.29, 1.82) is 0 Å². The molecule has 1 aromatic carbocycles. The average Bonchev–Trinajstić information content (AvgIpc) is 2.27. The third-order valence-corrected chi connectivity index (χ3v) is 1.98. The smallest absolute Gasteiger partial charge is 0.357 e. The number of nitrogens with zero attached hydrogens (tertiary/aromatic N) is 2. The van der Waals surface area contributed by atoms with Gasteiger partial charge in [0.2, 0.25) is 0 Å². The zero-order valence-corrected chi connectivity index (χ0v) is 9.16. The largest absolute Gasteiger partial charge is 0.476 e. The van der Waals surface area contributed by atoms with Gasteiger partial charge in [0, 0.05) is 17.1 Å². The summed E-state index contributed by atoms with van der Waals surface area (Å²) in [6.07, 6.45) is 0. The fourth-order valence-corrected chi connectivity index (χ4v) is 1.30. The minimum Gasteiger partial charge on any atom is -0.476 e. The van der Waals surface area contributed by atoms with E-state index < -0.39 is 23.3 Å². The van der Waals surface area contributed by atoms with Gasteiger partial charge in [0.25, 0.3) is 0 Å². The van der Waals surface area contributed by atoms with Crippen molar-refractivity contribution in [2.75, 3.05) is 0 Å². The third kappa shape index (κ3) is 2.41. The summed E-state index contributed by atoms with van der Waals surface area (Å²) >= 11 is 0. The Morgan fingerprint density at radius 1 is 0.882 bits per heavy atom.